The van der Waals surface area contributed by atoms with Crippen LogP contribution >= 0.6 is 0 Å². The fourth-order valence-corrected chi connectivity index (χ4v) is 1.52. The molecule has 0 fully saturated rings. The third-order valence-corrected chi connectivity index (χ3v) is 2.26. The van der Waals surface area contributed by atoms with Crippen molar-refractivity contribution in [1.82, 2.24) is 9.97 Å². The van der Waals surface area contributed by atoms with Gasteiger partial charge in [-0.05, 0) is 26.0 Å². The monoisotopic (exact) mass is 244 g/mol. The van der Waals surface area contributed by atoms with Gasteiger partial charge in [0.1, 0.15) is 5.82 Å². The van der Waals surface area contributed by atoms with Crippen LogP contribution in [0, 0.1) is 19.7 Å². The zero-order valence-corrected chi connectivity index (χ0v) is 10.2. The summed E-state index contributed by atoms with van der Waals surface area (Å²) in [4.78, 5) is 8.32. The van der Waals surface area contributed by atoms with E-state index in [1.807, 2.05) is 19.9 Å². The molecule has 0 unspecified atom stereocenters. The number of halogens is 1. The van der Waals surface area contributed by atoms with E-state index < -0.39 is 0 Å². The molecule has 5 heteroatoms. The van der Waals surface area contributed by atoms with Gasteiger partial charge < -0.3 is 0 Å². The first-order chi connectivity index (χ1) is 8.65. The van der Waals surface area contributed by atoms with Gasteiger partial charge >= 0.3 is 0 Å². The standard InChI is InChI=1S/C13H13FN4/c1-9-7-10(2)17-13(16-9)18-15-8-11-5-3-4-6-12(11)14/h3-8H,1-2H3,(H,16,17,18). The van der Waals surface area contributed by atoms with Crippen LogP contribution in [0.25, 0.3) is 0 Å². The van der Waals surface area contributed by atoms with Crippen LogP contribution in [-0.4, -0.2) is 16.2 Å². The molecule has 0 saturated heterocycles. The van der Waals surface area contributed by atoms with E-state index in [9.17, 15) is 4.39 Å². The minimum Gasteiger partial charge on any atom is -0.245 e. The Morgan fingerprint density at radius 3 is 2.50 bits per heavy atom. The van der Waals surface area contributed by atoms with Crippen LogP contribution in [0.2, 0.25) is 0 Å². The predicted molar refractivity (Wildman–Crippen MR) is 69.1 cm³/mol. The Kier molecular flexibility index (Phi) is 3.62. The molecule has 0 amide bonds. The Hall–Kier alpha value is -2.30. The fraction of sp³-hybridized carbons (Fsp3) is 0.154. The first-order valence-corrected chi connectivity index (χ1v) is 5.51. The van der Waals surface area contributed by atoms with Gasteiger partial charge in [-0.2, -0.15) is 5.10 Å². The summed E-state index contributed by atoms with van der Waals surface area (Å²) in [6.45, 7) is 3.75. The minimum absolute atomic E-state index is 0.315. The topological polar surface area (TPSA) is 50.2 Å². The summed E-state index contributed by atoms with van der Waals surface area (Å²) in [6.07, 6.45) is 1.40. The molecule has 0 radical (unpaired) electrons. The molecule has 0 bridgehead atoms. The van der Waals surface area contributed by atoms with Gasteiger partial charge in [-0.15, -0.1) is 0 Å². The number of hydrogen-bond acceptors (Lipinski definition) is 4. The van der Waals surface area contributed by atoms with Gasteiger partial charge in [0.2, 0.25) is 5.95 Å². The highest BCUT2D eigenvalue weighted by atomic mass is 19.1. The Balaban J connectivity index is 2.10. The quantitative estimate of drug-likeness (QED) is 0.667. The van der Waals surface area contributed by atoms with Gasteiger partial charge in [-0.25, -0.2) is 19.8 Å². The van der Waals surface area contributed by atoms with Gasteiger partial charge in [0, 0.05) is 17.0 Å². The number of nitrogens with zero attached hydrogens (tertiary/aromatic N) is 3. The summed E-state index contributed by atoms with van der Waals surface area (Å²) in [5.41, 5.74) is 4.80. The molecule has 2 aromatic rings. The van der Waals surface area contributed by atoms with Crippen molar-refractivity contribution in [3.8, 4) is 0 Å². The predicted octanol–water partition coefficient (Wildman–Crippen LogP) is 2.68. The van der Waals surface area contributed by atoms with Crippen LogP contribution in [-0.2, 0) is 0 Å². The van der Waals surface area contributed by atoms with E-state index in [1.54, 1.807) is 18.2 Å². The van der Waals surface area contributed by atoms with Crippen molar-refractivity contribution in [1.29, 1.82) is 0 Å². The van der Waals surface area contributed by atoms with Crippen molar-refractivity contribution >= 4 is 12.2 Å². The molecule has 18 heavy (non-hydrogen) atoms. The molecule has 4 nitrogen and oxygen atoms in total. The number of aromatic nitrogens is 2. The number of aryl methyl sites for hydroxylation is 2. The number of hydrogen-bond donors (Lipinski definition) is 1. The SMILES string of the molecule is Cc1cc(C)nc(NN=Cc2ccccc2F)n1. The van der Waals surface area contributed by atoms with E-state index >= 15 is 0 Å². The average Bonchev–Trinajstić information content (AvgIpc) is 2.30. The summed E-state index contributed by atoms with van der Waals surface area (Å²) >= 11 is 0. The summed E-state index contributed by atoms with van der Waals surface area (Å²) in [5.74, 6) is 0.0875. The highest BCUT2D eigenvalue weighted by Crippen LogP contribution is 2.05. The first kappa shape index (κ1) is 12.2. The Morgan fingerprint density at radius 1 is 1.17 bits per heavy atom. The van der Waals surface area contributed by atoms with Crippen molar-refractivity contribution < 1.29 is 4.39 Å². The van der Waals surface area contributed by atoms with Crippen molar-refractivity contribution in [2.75, 3.05) is 5.43 Å². The van der Waals surface area contributed by atoms with Crippen LogP contribution < -0.4 is 5.43 Å². The van der Waals surface area contributed by atoms with Crippen molar-refractivity contribution in [2.45, 2.75) is 13.8 Å². The summed E-state index contributed by atoms with van der Waals surface area (Å²) in [7, 11) is 0. The second-order valence-electron chi connectivity index (χ2n) is 3.87. The highest BCUT2D eigenvalue weighted by Gasteiger charge is 1.98. The maximum absolute atomic E-state index is 13.3. The molecule has 2 rings (SSSR count). The maximum atomic E-state index is 13.3. The lowest BCUT2D eigenvalue weighted by molar-refractivity contribution is 0.626. The summed E-state index contributed by atoms with van der Waals surface area (Å²) in [5, 5.41) is 3.91. The molecule has 0 atom stereocenters. The third kappa shape index (κ3) is 3.10. The van der Waals surface area contributed by atoms with Gasteiger partial charge in [-0.3, -0.25) is 0 Å². The maximum Gasteiger partial charge on any atom is 0.243 e. The van der Waals surface area contributed by atoms with E-state index in [2.05, 4.69) is 20.5 Å². The summed E-state index contributed by atoms with van der Waals surface area (Å²) in [6, 6.07) is 8.27. The molecule has 1 aromatic carbocycles. The Morgan fingerprint density at radius 2 is 1.83 bits per heavy atom. The number of nitrogens with one attached hydrogen (secondary N) is 1. The normalized spacial score (nSPS) is 10.8. The molecular formula is C13H13FN4. The van der Waals surface area contributed by atoms with E-state index in [0.717, 1.165) is 11.4 Å². The minimum atomic E-state index is -0.315. The lowest BCUT2D eigenvalue weighted by Gasteiger charge is -2.01. The molecule has 1 N–H and O–H groups in total. The molecule has 1 heterocycles. The molecule has 92 valence electrons. The molecule has 0 aliphatic carbocycles. The molecule has 1 aromatic heterocycles. The lowest BCUT2D eigenvalue weighted by atomic mass is 10.2. The molecule has 0 spiro atoms. The van der Waals surface area contributed by atoms with Crippen molar-refractivity contribution in [3.05, 3.63) is 53.1 Å². The molecule has 0 aliphatic rings. The van der Waals surface area contributed by atoms with Crippen LogP contribution in [0.3, 0.4) is 0 Å². The average molecular weight is 244 g/mol. The highest BCUT2D eigenvalue weighted by molar-refractivity contribution is 5.80. The largest absolute Gasteiger partial charge is 0.245 e. The lowest BCUT2D eigenvalue weighted by Crippen LogP contribution is -2.00. The smallest absolute Gasteiger partial charge is 0.243 e. The number of anilines is 1. The zero-order valence-electron chi connectivity index (χ0n) is 10.2. The van der Waals surface area contributed by atoms with E-state index in [-0.39, 0.29) is 5.82 Å². The van der Waals surface area contributed by atoms with Crippen molar-refractivity contribution in [2.24, 2.45) is 5.10 Å². The first-order valence-electron chi connectivity index (χ1n) is 5.51. The number of rotatable bonds is 3. The zero-order chi connectivity index (χ0) is 13.0. The van der Waals surface area contributed by atoms with Gasteiger partial charge in [0.15, 0.2) is 0 Å². The number of hydrazone groups is 1. The van der Waals surface area contributed by atoms with Crippen LogP contribution in [0.1, 0.15) is 17.0 Å². The molecule has 0 aliphatic heterocycles. The van der Waals surface area contributed by atoms with Gasteiger partial charge in [0.25, 0.3) is 0 Å². The van der Waals surface area contributed by atoms with Crippen molar-refractivity contribution in [3.63, 3.8) is 0 Å². The van der Waals surface area contributed by atoms with Crippen LogP contribution in [0.15, 0.2) is 35.4 Å². The fourth-order valence-electron chi connectivity index (χ4n) is 1.52. The molecular weight excluding hydrogens is 231 g/mol. The van der Waals surface area contributed by atoms with E-state index in [4.69, 9.17) is 0 Å². The van der Waals surface area contributed by atoms with Crippen LogP contribution in [0.4, 0.5) is 10.3 Å². The molecule has 0 saturated carbocycles. The van der Waals surface area contributed by atoms with E-state index in [0.29, 0.717) is 11.5 Å². The van der Waals surface area contributed by atoms with Gasteiger partial charge in [-0.1, -0.05) is 18.2 Å². The van der Waals surface area contributed by atoms with Gasteiger partial charge in [0.05, 0.1) is 6.21 Å². The second-order valence-corrected chi connectivity index (χ2v) is 3.87. The Labute approximate surface area is 105 Å². The number of benzene rings is 1. The van der Waals surface area contributed by atoms with Crippen LogP contribution in [0.5, 0.6) is 0 Å². The third-order valence-electron chi connectivity index (χ3n) is 2.26. The second kappa shape index (κ2) is 5.35. The summed E-state index contributed by atoms with van der Waals surface area (Å²) < 4.78 is 13.3. The van der Waals surface area contributed by atoms with E-state index in [1.165, 1.54) is 12.3 Å². The Bertz CT molecular complexity index is 561.